The molecule has 0 radical (unpaired) electrons. The molecular formula is C41H58O24. The normalized spacial score (nSPS) is 32.0. The number of rotatable bonds is 18. The highest BCUT2D eigenvalue weighted by atomic mass is 16.7. The van der Waals surface area contributed by atoms with Gasteiger partial charge < -0.3 is 66.3 Å². The summed E-state index contributed by atoms with van der Waals surface area (Å²) in [6.45, 7) is 10.3. The summed E-state index contributed by atoms with van der Waals surface area (Å²) in [6.07, 6.45) is -21.5. The average Bonchev–Trinajstić information content (AvgIpc) is 3.16. The molecule has 0 aromatic carbocycles. The van der Waals surface area contributed by atoms with Gasteiger partial charge in [-0.15, -0.1) is 0 Å². The van der Waals surface area contributed by atoms with Crippen LogP contribution in [0.25, 0.3) is 0 Å². The number of carbonyl (C=O) groups excluding carboxylic acids is 10. The Kier molecular flexibility index (Phi) is 20.5. The Bertz CT molecular complexity index is 1750. The lowest BCUT2D eigenvalue weighted by Gasteiger charge is -2.47. The van der Waals surface area contributed by atoms with Gasteiger partial charge >= 0.3 is 59.7 Å². The minimum absolute atomic E-state index is 0.164. The van der Waals surface area contributed by atoms with Gasteiger partial charge in [-0.25, -0.2) is 0 Å². The molecule has 3 saturated heterocycles. The smallest absolute Gasteiger partial charge is 0.303 e. The van der Waals surface area contributed by atoms with Crippen molar-refractivity contribution in [3.05, 3.63) is 0 Å². The molecule has 3 rings (SSSR count). The van der Waals surface area contributed by atoms with E-state index in [1.54, 1.807) is 0 Å². The third kappa shape index (κ3) is 16.2. The molecule has 0 aromatic rings. The van der Waals surface area contributed by atoms with Crippen LogP contribution in [0.4, 0.5) is 0 Å². The first-order valence-corrected chi connectivity index (χ1v) is 20.6. The second-order valence-corrected chi connectivity index (χ2v) is 15.3. The van der Waals surface area contributed by atoms with Crippen LogP contribution in [-0.2, 0) is 114 Å². The minimum Gasteiger partial charge on any atom is -0.463 e. The first-order chi connectivity index (χ1) is 30.4. The van der Waals surface area contributed by atoms with Gasteiger partial charge in [-0.1, -0.05) is 0 Å². The molecule has 0 spiro atoms. The van der Waals surface area contributed by atoms with Crippen molar-refractivity contribution in [3.8, 4) is 0 Å². The third-order valence-electron chi connectivity index (χ3n) is 9.92. The Morgan fingerprint density at radius 3 is 0.815 bits per heavy atom. The lowest BCUT2D eigenvalue weighted by molar-refractivity contribution is -0.301. The van der Waals surface area contributed by atoms with Gasteiger partial charge in [-0.2, -0.15) is 0 Å². The molecule has 15 atom stereocenters. The van der Waals surface area contributed by atoms with E-state index in [0.717, 1.165) is 69.2 Å². The van der Waals surface area contributed by atoms with E-state index in [1.807, 2.05) is 0 Å². The minimum atomic E-state index is -1.54. The van der Waals surface area contributed by atoms with Crippen molar-refractivity contribution >= 4 is 59.7 Å². The Morgan fingerprint density at radius 2 is 0.538 bits per heavy atom. The predicted octanol–water partition coefficient (Wildman–Crippen LogP) is 0.401. The molecule has 3 heterocycles. The maximum absolute atomic E-state index is 12.7. The third-order valence-corrected chi connectivity index (χ3v) is 9.92. The standard InChI is InChI=1S/C41H58O24/c1-17(42)53-16-31-36(58-22(6)47)38(60-24(8)49)34(56-20(4)45)29(64-31)13-12-27-32(54-18(2)43)37(59-23(7)48)33(55-19(3)44)28(63-27)14-15-30-35(57-21(5)46)39(61-25(9)50)40(62-26(10)51)41(52-11)65-30/h27-41H,12-16H2,1-11H3/t27-,28+,29+,30-,31-,32-,33+,34+,35-,36-,37+,38-,39+,40-,41+/m1/s1. The quantitative estimate of drug-likeness (QED) is 0.133. The van der Waals surface area contributed by atoms with Gasteiger partial charge in [0, 0.05) is 76.3 Å². The van der Waals surface area contributed by atoms with Gasteiger partial charge in [0.2, 0.25) is 0 Å². The Labute approximate surface area is 374 Å². The van der Waals surface area contributed by atoms with Gasteiger partial charge in [0.15, 0.2) is 61.2 Å². The fourth-order valence-corrected chi connectivity index (χ4v) is 7.93. The van der Waals surface area contributed by atoms with Gasteiger partial charge in [-0.05, 0) is 25.7 Å². The second-order valence-electron chi connectivity index (χ2n) is 15.3. The SMILES string of the molecule is CO[C@H]1O[C@H](CC[C@@H]2O[C@H](CC[C@@H]3O[C@H](COC(C)=O)[C@@H](OC(C)=O)[C@H](OC(C)=O)[C@H]3OC(C)=O)[C@@H](OC(C)=O)[C@H](OC(C)=O)[C@H]2OC(C)=O)[C@@H](OC(C)=O)[C@H](OC(C)=O)[C@H]1OC(C)=O. The zero-order valence-corrected chi connectivity index (χ0v) is 38.0. The van der Waals surface area contributed by atoms with E-state index < -0.39 is 158 Å². The van der Waals surface area contributed by atoms with Gasteiger partial charge in [0.05, 0.1) is 18.3 Å². The van der Waals surface area contributed by atoms with E-state index in [1.165, 1.54) is 7.11 Å². The number of hydrogen-bond donors (Lipinski definition) is 0. The highest BCUT2D eigenvalue weighted by Crippen LogP contribution is 2.38. The summed E-state index contributed by atoms with van der Waals surface area (Å²) in [5.41, 5.74) is 0. The molecule has 24 heteroatoms. The Hall–Kier alpha value is -5.46. The van der Waals surface area contributed by atoms with Crippen molar-refractivity contribution in [1.29, 1.82) is 0 Å². The maximum atomic E-state index is 12.7. The van der Waals surface area contributed by atoms with Crippen molar-refractivity contribution in [3.63, 3.8) is 0 Å². The van der Waals surface area contributed by atoms with Crippen LogP contribution >= 0.6 is 0 Å². The highest BCUT2D eigenvalue weighted by Gasteiger charge is 2.56. The van der Waals surface area contributed by atoms with Gasteiger partial charge in [0.1, 0.15) is 18.8 Å². The number of hydrogen-bond acceptors (Lipinski definition) is 24. The highest BCUT2D eigenvalue weighted by molar-refractivity contribution is 5.70. The molecule has 65 heavy (non-hydrogen) atoms. The van der Waals surface area contributed by atoms with Crippen LogP contribution in [0.1, 0.15) is 94.9 Å². The van der Waals surface area contributed by atoms with E-state index in [2.05, 4.69) is 0 Å². The molecule has 0 aromatic heterocycles. The van der Waals surface area contributed by atoms with Crippen molar-refractivity contribution < 1.29 is 114 Å². The molecular weight excluding hydrogens is 876 g/mol. The number of carbonyl (C=O) groups is 10. The van der Waals surface area contributed by atoms with E-state index in [0.29, 0.717) is 0 Å². The van der Waals surface area contributed by atoms with E-state index >= 15 is 0 Å². The summed E-state index contributed by atoms with van der Waals surface area (Å²) in [5.74, 6) is -8.34. The van der Waals surface area contributed by atoms with E-state index in [-0.39, 0.29) is 25.7 Å². The molecule has 0 bridgehead atoms. The van der Waals surface area contributed by atoms with Crippen LogP contribution in [0, 0.1) is 0 Å². The number of ether oxygens (including phenoxy) is 14. The Balaban J connectivity index is 2.12. The first-order valence-electron chi connectivity index (χ1n) is 20.6. The molecule has 0 amide bonds. The van der Waals surface area contributed by atoms with Crippen LogP contribution in [0.2, 0.25) is 0 Å². The summed E-state index contributed by atoms with van der Waals surface area (Å²) in [6, 6.07) is 0. The van der Waals surface area contributed by atoms with Gasteiger partial charge in [-0.3, -0.25) is 47.9 Å². The number of esters is 10. The molecule has 366 valence electrons. The fourth-order valence-electron chi connectivity index (χ4n) is 7.93. The van der Waals surface area contributed by atoms with Crippen molar-refractivity contribution in [1.82, 2.24) is 0 Å². The molecule has 3 aliphatic heterocycles. The largest absolute Gasteiger partial charge is 0.463 e. The summed E-state index contributed by atoms with van der Waals surface area (Å²) in [5, 5.41) is 0. The monoisotopic (exact) mass is 934 g/mol. The van der Waals surface area contributed by atoms with Crippen LogP contribution in [0.5, 0.6) is 0 Å². The van der Waals surface area contributed by atoms with Crippen molar-refractivity contribution in [2.24, 2.45) is 0 Å². The van der Waals surface area contributed by atoms with Crippen LogP contribution < -0.4 is 0 Å². The zero-order chi connectivity index (χ0) is 48.9. The summed E-state index contributed by atoms with van der Waals surface area (Å²) >= 11 is 0. The topological polar surface area (TPSA) is 300 Å². The van der Waals surface area contributed by atoms with Crippen molar-refractivity contribution in [2.75, 3.05) is 13.7 Å². The molecule has 0 aliphatic carbocycles. The summed E-state index contributed by atoms with van der Waals surface area (Å²) in [7, 11) is 1.23. The fraction of sp³-hybridized carbons (Fsp3) is 0.756. The Morgan fingerprint density at radius 1 is 0.308 bits per heavy atom. The van der Waals surface area contributed by atoms with Crippen LogP contribution in [-0.4, -0.2) is 165 Å². The molecule has 24 nitrogen and oxygen atoms in total. The van der Waals surface area contributed by atoms with Crippen LogP contribution in [0.3, 0.4) is 0 Å². The summed E-state index contributed by atoms with van der Waals surface area (Å²) < 4.78 is 79.6. The lowest BCUT2D eigenvalue weighted by Crippen LogP contribution is -2.63. The molecule has 0 saturated carbocycles. The van der Waals surface area contributed by atoms with E-state index in [9.17, 15) is 47.9 Å². The predicted molar refractivity (Wildman–Crippen MR) is 208 cm³/mol. The first kappa shape index (κ1) is 53.9. The molecule has 0 N–H and O–H groups in total. The second kappa shape index (κ2) is 24.7. The lowest BCUT2D eigenvalue weighted by atomic mass is 9.86. The van der Waals surface area contributed by atoms with Crippen molar-refractivity contribution in [2.45, 2.75) is 187 Å². The van der Waals surface area contributed by atoms with Gasteiger partial charge in [0.25, 0.3) is 0 Å². The zero-order valence-electron chi connectivity index (χ0n) is 38.0. The number of methoxy groups -OCH3 is 1. The van der Waals surface area contributed by atoms with Crippen LogP contribution in [0.15, 0.2) is 0 Å². The summed E-state index contributed by atoms with van der Waals surface area (Å²) in [4.78, 5) is 124. The molecule has 0 unspecified atom stereocenters. The molecule has 3 fully saturated rings. The van der Waals surface area contributed by atoms with E-state index in [4.69, 9.17) is 66.3 Å². The maximum Gasteiger partial charge on any atom is 0.303 e. The average molecular weight is 935 g/mol. The molecule has 3 aliphatic rings.